The summed E-state index contributed by atoms with van der Waals surface area (Å²) < 4.78 is 5.31. The largest absolute Gasteiger partial charge is 0.465 e. The van der Waals surface area contributed by atoms with Gasteiger partial charge in [-0.3, -0.25) is 4.98 Å². The molecule has 1 heterocycles. The van der Waals surface area contributed by atoms with Gasteiger partial charge < -0.3 is 4.74 Å². The van der Waals surface area contributed by atoms with Gasteiger partial charge in [0.05, 0.1) is 28.9 Å². The predicted molar refractivity (Wildman–Crippen MR) is 74.6 cm³/mol. The van der Waals surface area contributed by atoms with E-state index >= 15 is 0 Å². The molecular weight excluding hydrogens is 336 g/mol. The van der Waals surface area contributed by atoms with E-state index in [-0.39, 0.29) is 11.3 Å². The second-order valence-electron chi connectivity index (χ2n) is 3.49. The van der Waals surface area contributed by atoms with E-state index in [1.165, 1.54) is 13.3 Å². The van der Waals surface area contributed by atoms with E-state index in [4.69, 9.17) is 17.1 Å². The van der Waals surface area contributed by atoms with Crippen molar-refractivity contribution in [2.45, 2.75) is 0 Å². The average molecular weight is 342 g/mol. The van der Waals surface area contributed by atoms with Crippen molar-refractivity contribution in [2.24, 2.45) is 5.11 Å². The van der Waals surface area contributed by atoms with Crippen LogP contribution in [-0.2, 0) is 4.74 Å². The van der Waals surface area contributed by atoms with Gasteiger partial charge in [0, 0.05) is 21.0 Å². The summed E-state index contributed by atoms with van der Waals surface area (Å²) in [5, 5.41) is 4.40. The zero-order valence-electron chi connectivity index (χ0n) is 9.59. The molecule has 0 amide bonds. The van der Waals surface area contributed by atoms with E-state index < -0.39 is 5.97 Å². The number of nitrogens with zero attached hydrogens (tertiary/aromatic N) is 4. The Bertz CT molecular complexity index is 728. The number of benzene rings is 1. The molecule has 6 nitrogen and oxygen atoms in total. The number of pyridine rings is 1. The highest BCUT2D eigenvalue weighted by molar-refractivity contribution is 9.10. The molecule has 0 unspecified atom stereocenters. The Labute approximate surface area is 121 Å². The van der Waals surface area contributed by atoms with Crippen molar-refractivity contribution in [3.05, 3.63) is 43.8 Å². The van der Waals surface area contributed by atoms with Crippen molar-refractivity contribution in [1.29, 1.82) is 0 Å². The normalized spacial score (nSPS) is 10.1. The number of carbonyl (C=O) groups is 1. The zero-order valence-corrected chi connectivity index (χ0v) is 11.9. The second-order valence-corrected chi connectivity index (χ2v) is 4.81. The van der Waals surface area contributed by atoms with Crippen LogP contribution in [0.25, 0.3) is 21.3 Å². The molecule has 0 saturated carbocycles. The molecule has 0 aliphatic heterocycles. The van der Waals surface area contributed by atoms with Crippen molar-refractivity contribution in [3.8, 4) is 0 Å². The second kappa shape index (κ2) is 5.44. The molecule has 2 rings (SSSR count). The van der Waals surface area contributed by atoms with Gasteiger partial charge in [-0.2, -0.15) is 0 Å². The number of halogens is 2. The highest BCUT2D eigenvalue weighted by Gasteiger charge is 2.16. The molecule has 0 aliphatic rings. The molecule has 0 radical (unpaired) electrons. The molecule has 0 aliphatic carbocycles. The first kappa shape index (κ1) is 13.6. The third kappa shape index (κ3) is 2.49. The lowest BCUT2D eigenvalue weighted by molar-refractivity contribution is 0.0601. The molecule has 8 heteroatoms. The Morgan fingerprint density at radius 2 is 2.32 bits per heavy atom. The third-order valence-electron chi connectivity index (χ3n) is 2.41. The summed E-state index contributed by atoms with van der Waals surface area (Å²) in [7, 11) is 1.24. The maximum atomic E-state index is 11.6. The van der Waals surface area contributed by atoms with Gasteiger partial charge in [-0.05, 0) is 17.7 Å². The summed E-state index contributed by atoms with van der Waals surface area (Å²) in [4.78, 5) is 18.5. The highest BCUT2D eigenvalue weighted by atomic mass is 79.9. The average Bonchev–Trinajstić information content (AvgIpc) is 2.38. The quantitative estimate of drug-likeness (QED) is 0.351. The SMILES string of the molecule is COC(=O)c1cnc2c(Cl)cc(Br)cc2c1N=[N+]=[N-]. The summed E-state index contributed by atoms with van der Waals surface area (Å²) in [6.07, 6.45) is 1.28. The summed E-state index contributed by atoms with van der Waals surface area (Å²) in [6.45, 7) is 0. The standard InChI is InChI=1S/C11H6BrClN4O2/c1-19-11(18)7-4-15-10-6(9(7)16-17-14)2-5(12)3-8(10)13/h2-4H,1H3. The third-order valence-corrected chi connectivity index (χ3v) is 3.16. The molecule has 0 bridgehead atoms. The Morgan fingerprint density at radius 3 is 2.95 bits per heavy atom. The molecule has 0 fully saturated rings. The fourth-order valence-electron chi connectivity index (χ4n) is 1.62. The number of rotatable bonds is 2. The minimum Gasteiger partial charge on any atom is -0.465 e. The van der Waals surface area contributed by atoms with Gasteiger partial charge in [0.15, 0.2) is 0 Å². The van der Waals surface area contributed by atoms with Crippen LogP contribution < -0.4 is 0 Å². The molecular formula is C11H6BrClN4O2. The zero-order chi connectivity index (χ0) is 14.0. The molecule has 0 atom stereocenters. The Balaban J connectivity index is 2.91. The van der Waals surface area contributed by atoms with Gasteiger partial charge >= 0.3 is 5.97 Å². The van der Waals surface area contributed by atoms with Crippen LogP contribution in [0, 0.1) is 0 Å². The van der Waals surface area contributed by atoms with Gasteiger partial charge in [0.25, 0.3) is 0 Å². The minimum atomic E-state index is -0.632. The molecule has 19 heavy (non-hydrogen) atoms. The number of carbonyl (C=O) groups excluding carboxylic acids is 1. The van der Waals surface area contributed by atoms with Crippen LogP contribution >= 0.6 is 27.5 Å². The highest BCUT2D eigenvalue weighted by Crippen LogP contribution is 2.35. The van der Waals surface area contributed by atoms with Crippen molar-refractivity contribution >= 4 is 50.1 Å². The number of hydrogen-bond acceptors (Lipinski definition) is 4. The van der Waals surface area contributed by atoms with Crippen molar-refractivity contribution < 1.29 is 9.53 Å². The fraction of sp³-hybridized carbons (Fsp3) is 0.0909. The Morgan fingerprint density at radius 1 is 1.58 bits per heavy atom. The molecule has 96 valence electrons. The van der Waals surface area contributed by atoms with E-state index in [9.17, 15) is 4.79 Å². The smallest absolute Gasteiger partial charge is 0.339 e. The lowest BCUT2D eigenvalue weighted by Crippen LogP contribution is -2.02. The maximum absolute atomic E-state index is 11.6. The molecule has 1 aromatic carbocycles. The number of aromatic nitrogens is 1. The number of methoxy groups -OCH3 is 1. The number of ether oxygens (including phenoxy) is 1. The number of esters is 1. The molecule has 2 aromatic rings. The number of azide groups is 1. The first-order valence-electron chi connectivity index (χ1n) is 4.99. The number of hydrogen-bond donors (Lipinski definition) is 0. The molecule has 0 N–H and O–H groups in total. The minimum absolute atomic E-state index is 0.0852. The predicted octanol–water partition coefficient (Wildman–Crippen LogP) is 4.38. The van der Waals surface area contributed by atoms with Crippen LogP contribution in [-0.4, -0.2) is 18.1 Å². The van der Waals surface area contributed by atoms with Crippen molar-refractivity contribution in [1.82, 2.24) is 4.98 Å². The first-order valence-corrected chi connectivity index (χ1v) is 6.16. The van der Waals surface area contributed by atoms with Crippen LogP contribution in [0.2, 0.25) is 5.02 Å². The lowest BCUT2D eigenvalue weighted by Gasteiger charge is -2.08. The Hall–Kier alpha value is -1.82. The first-order chi connectivity index (χ1) is 9.08. The molecule has 1 aromatic heterocycles. The van der Waals surface area contributed by atoms with E-state index in [1.54, 1.807) is 12.1 Å². The molecule has 0 spiro atoms. The van der Waals surface area contributed by atoms with Gasteiger partial charge in [-0.15, -0.1) is 0 Å². The van der Waals surface area contributed by atoms with Gasteiger partial charge in [0.1, 0.15) is 0 Å². The fourth-order valence-corrected chi connectivity index (χ4v) is 2.48. The van der Waals surface area contributed by atoms with Crippen molar-refractivity contribution in [3.63, 3.8) is 0 Å². The van der Waals surface area contributed by atoms with Gasteiger partial charge in [-0.25, -0.2) is 4.79 Å². The summed E-state index contributed by atoms with van der Waals surface area (Å²) in [5.41, 5.74) is 9.31. The maximum Gasteiger partial charge on any atom is 0.339 e. The van der Waals surface area contributed by atoms with Crippen LogP contribution in [0.1, 0.15) is 10.4 Å². The van der Waals surface area contributed by atoms with Gasteiger partial charge in [0.2, 0.25) is 0 Å². The summed E-state index contributed by atoms with van der Waals surface area (Å²) in [6, 6.07) is 3.33. The molecule has 0 saturated heterocycles. The lowest BCUT2D eigenvalue weighted by atomic mass is 10.1. The Kier molecular flexibility index (Phi) is 3.90. The van der Waals surface area contributed by atoms with Crippen LogP contribution in [0.15, 0.2) is 27.9 Å². The van der Waals surface area contributed by atoms with E-state index in [0.29, 0.717) is 20.4 Å². The van der Waals surface area contributed by atoms with E-state index in [1.807, 2.05) is 0 Å². The summed E-state index contributed by atoms with van der Waals surface area (Å²) in [5.74, 6) is -0.632. The number of fused-ring (bicyclic) bond motifs is 1. The van der Waals surface area contributed by atoms with Crippen LogP contribution in [0.5, 0.6) is 0 Å². The van der Waals surface area contributed by atoms with Gasteiger partial charge in [-0.1, -0.05) is 32.6 Å². The summed E-state index contributed by atoms with van der Waals surface area (Å²) >= 11 is 9.34. The van der Waals surface area contributed by atoms with E-state index in [0.717, 1.165) is 0 Å². The van der Waals surface area contributed by atoms with Crippen LogP contribution in [0.3, 0.4) is 0 Å². The van der Waals surface area contributed by atoms with E-state index in [2.05, 4.69) is 35.7 Å². The van der Waals surface area contributed by atoms with Crippen molar-refractivity contribution in [2.75, 3.05) is 7.11 Å². The monoisotopic (exact) mass is 340 g/mol. The van der Waals surface area contributed by atoms with Crippen LogP contribution in [0.4, 0.5) is 5.69 Å². The topological polar surface area (TPSA) is 88.0 Å².